The van der Waals surface area contributed by atoms with Gasteiger partial charge < -0.3 is 14.2 Å². The smallest absolute Gasteiger partial charge is 0.104 e. The third kappa shape index (κ3) is 4.07. The second-order valence-electron chi connectivity index (χ2n) is 3.99. The highest BCUT2D eigenvalue weighted by Gasteiger charge is 2.24. The van der Waals surface area contributed by atoms with Crippen molar-refractivity contribution in [3.05, 3.63) is 0 Å². The SMILES string of the molecule is CC(CCCC1CO1)OCC1CO1. The van der Waals surface area contributed by atoms with E-state index in [0.717, 1.165) is 26.2 Å². The van der Waals surface area contributed by atoms with E-state index in [1.807, 2.05) is 0 Å². The first-order valence-electron chi connectivity index (χ1n) is 5.19. The monoisotopic (exact) mass is 186 g/mol. The maximum absolute atomic E-state index is 5.60. The van der Waals surface area contributed by atoms with Crippen molar-refractivity contribution in [3.8, 4) is 0 Å². The van der Waals surface area contributed by atoms with E-state index < -0.39 is 0 Å². The number of hydrogen-bond donors (Lipinski definition) is 0. The summed E-state index contributed by atoms with van der Waals surface area (Å²) in [4.78, 5) is 0. The first-order valence-corrected chi connectivity index (χ1v) is 5.19. The molecule has 0 aromatic heterocycles. The topological polar surface area (TPSA) is 34.3 Å². The predicted molar refractivity (Wildman–Crippen MR) is 48.7 cm³/mol. The average molecular weight is 186 g/mol. The normalized spacial score (nSPS) is 33.0. The Bertz CT molecular complexity index is 152. The largest absolute Gasteiger partial charge is 0.376 e. The van der Waals surface area contributed by atoms with Gasteiger partial charge in [0.25, 0.3) is 0 Å². The molecule has 3 atom stereocenters. The van der Waals surface area contributed by atoms with Gasteiger partial charge in [-0.3, -0.25) is 0 Å². The van der Waals surface area contributed by atoms with Gasteiger partial charge in [0.05, 0.1) is 32.0 Å². The summed E-state index contributed by atoms with van der Waals surface area (Å²) < 4.78 is 15.8. The molecule has 0 aliphatic carbocycles. The van der Waals surface area contributed by atoms with Gasteiger partial charge >= 0.3 is 0 Å². The molecule has 2 heterocycles. The summed E-state index contributed by atoms with van der Waals surface area (Å²) in [7, 11) is 0. The fourth-order valence-corrected chi connectivity index (χ4v) is 1.39. The molecule has 0 saturated carbocycles. The van der Waals surface area contributed by atoms with Crippen molar-refractivity contribution in [2.45, 2.75) is 44.5 Å². The molecular weight excluding hydrogens is 168 g/mol. The van der Waals surface area contributed by atoms with Crippen LogP contribution in [0, 0.1) is 0 Å². The van der Waals surface area contributed by atoms with Crippen LogP contribution < -0.4 is 0 Å². The zero-order valence-corrected chi connectivity index (χ0v) is 8.20. The Balaban J connectivity index is 1.42. The molecule has 76 valence electrons. The van der Waals surface area contributed by atoms with E-state index in [9.17, 15) is 0 Å². The molecule has 13 heavy (non-hydrogen) atoms. The molecule has 0 amide bonds. The van der Waals surface area contributed by atoms with Crippen molar-refractivity contribution < 1.29 is 14.2 Å². The molecule has 3 nitrogen and oxygen atoms in total. The summed E-state index contributed by atoms with van der Waals surface area (Å²) in [5, 5.41) is 0. The summed E-state index contributed by atoms with van der Waals surface area (Å²) >= 11 is 0. The van der Waals surface area contributed by atoms with E-state index in [1.165, 1.54) is 12.8 Å². The van der Waals surface area contributed by atoms with Crippen LogP contribution in [0.4, 0.5) is 0 Å². The number of hydrogen-bond acceptors (Lipinski definition) is 3. The van der Waals surface area contributed by atoms with Gasteiger partial charge in [-0.25, -0.2) is 0 Å². The van der Waals surface area contributed by atoms with Gasteiger partial charge in [0, 0.05) is 0 Å². The highest BCUT2D eigenvalue weighted by atomic mass is 16.6. The Morgan fingerprint density at radius 1 is 1.31 bits per heavy atom. The zero-order valence-electron chi connectivity index (χ0n) is 8.20. The molecule has 0 aromatic carbocycles. The van der Waals surface area contributed by atoms with Gasteiger partial charge in [-0.15, -0.1) is 0 Å². The second kappa shape index (κ2) is 4.40. The van der Waals surface area contributed by atoms with Crippen LogP contribution in [0.25, 0.3) is 0 Å². The Labute approximate surface area is 79.4 Å². The molecular formula is C10H18O3. The van der Waals surface area contributed by atoms with Gasteiger partial charge in [-0.1, -0.05) is 0 Å². The molecule has 2 aliphatic heterocycles. The lowest BCUT2D eigenvalue weighted by atomic mass is 10.1. The quantitative estimate of drug-likeness (QED) is 0.563. The van der Waals surface area contributed by atoms with Crippen LogP contribution in [-0.2, 0) is 14.2 Å². The van der Waals surface area contributed by atoms with Crippen molar-refractivity contribution in [3.63, 3.8) is 0 Å². The summed E-state index contributed by atoms with van der Waals surface area (Å²) in [6.45, 7) is 4.78. The summed E-state index contributed by atoms with van der Waals surface area (Å²) in [5.41, 5.74) is 0. The molecule has 2 saturated heterocycles. The van der Waals surface area contributed by atoms with E-state index in [2.05, 4.69) is 6.92 Å². The van der Waals surface area contributed by atoms with E-state index in [0.29, 0.717) is 18.3 Å². The van der Waals surface area contributed by atoms with Crippen LogP contribution in [0.2, 0.25) is 0 Å². The maximum Gasteiger partial charge on any atom is 0.104 e. The van der Waals surface area contributed by atoms with E-state index >= 15 is 0 Å². The standard InChI is InChI=1S/C10H18O3/c1-8(11-6-10-7-13-10)3-2-4-9-5-12-9/h8-10H,2-7H2,1H3. The first-order chi connectivity index (χ1) is 6.34. The second-order valence-corrected chi connectivity index (χ2v) is 3.99. The molecule has 0 bridgehead atoms. The van der Waals surface area contributed by atoms with Crippen LogP contribution in [-0.4, -0.2) is 38.1 Å². The van der Waals surface area contributed by atoms with Gasteiger partial charge in [0.15, 0.2) is 0 Å². The fraction of sp³-hybridized carbons (Fsp3) is 1.00. The minimum atomic E-state index is 0.378. The lowest BCUT2D eigenvalue weighted by Crippen LogP contribution is -2.12. The van der Waals surface area contributed by atoms with E-state index in [1.54, 1.807) is 0 Å². The van der Waals surface area contributed by atoms with E-state index in [4.69, 9.17) is 14.2 Å². The molecule has 2 fully saturated rings. The minimum Gasteiger partial charge on any atom is -0.376 e. The summed E-state index contributed by atoms with van der Waals surface area (Å²) in [6.07, 6.45) is 4.91. The van der Waals surface area contributed by atoms with Gasteiger partial charge in [0.1, 0.15) is 6.10 Å². The highest BCUT2D eigenvalue weighted by molar-refractivity contribution is 4.70. The Morgan fingerprint density at radius 2 is 2.00 bits per heavy atom. The zero-order chi connectivity index (χ0) is 9.10. The minimum absolute atomic E-state index is 0.378. The maximum atomic E-state index is 5.60. The Kier molecular flexibility index (Phi) is 3.19. The van der Waals surface area contributed by atoms with Gasteiger partial charge in [0.2, 0.25) is 0 Å². The molecule has 3 heteroatoms. The molecule has 0 radical (unpaired) electrons. The fourth-order valence-electron chi connectivity index (χ4n) is 1.39. The van der Waals surface area contributed by atoms with Crippen molar-refractivity contribution >= 4 is 0 Å². The summed E-state index contributed by atoms with van der Waals surface area (Å²) in [5.74, 6) is 0. The van der Waals surface area contributed by atoms with E-state index in [-0.39, 0.29) is 0 Å². The van der Waals surface area contributed by atoms with Crippen molar-refractivity contribution in [1.82, 2.24) is 0 Å². The lowest BCUT2D eigenvalue weighted by molar-refractivity contribution is 0.0474. The molecule has 0 spiro atoms. The summed E-state index contributed by atoms with van der Waals surface area (Å²) in [6, 6.07) is 0. The molecule has 0 aromatic rings. The third-order valence-corrected chi connectivity index (χ3v) is 2.51. The third-order valence-electron chi connectivity index (χ3n) is 2.51. The molecule has 0 N–H and O–H groups in total. The number of epoxide rings is 2. The Morgan fingerprint density at radius 3 is 2.62 bits per heavy atom. The van der Waals surface area contributed by atoms with Crippen LogP contribution >= 0.6 is 0 Å². The van der Waals surface area contributed by atoms with Crippen molar-refractivity contribution in [2.24, 2.45) is 0 Å². The van der Waals surface area contributed by atoms with Crippen LogP contribution in [0.5, 0.6) is 0 Å². The van der Waals surface area contributed by atoms with Gasteiger partial charge in [-0.2, -0.15) is 0 Å². The number of rotatable bonds is 7. The molecule has 3 unspecified atom stereocenters. The van der Waals surface area contributed by atoms with Crippen molar-refractivity contribution in [2.75, 3.05) is 19.8 Å². The van der Waals surface area contributed by atoms with Gasteiger partial charge in [-0.05, 0) is 26.2 Å². The Hall–Kier alpha value is -0.120. The van der Waals surface area contributed by atoms with Crippen molar-refractivity contribution in [1.29, 1.82) is 0 Å². The molecule has 2 rings (SSSR count). The predicted octanol–water partition coefficient (Wildman–Crippen LogP) is 1.36. The van der Waals surface area contributed by atoms with Crippen LogP contribution in [0.1, 0.15) is 26.2 Å². The van der Waals surface area contributed by atoms with Crippen LogP contribution in [0.3, 0.4) is 0 Å². The number of ether oxygens (including phenoxy) is 3. The average Bonchev–Trinajstić information content (AvgIpc) is 2.97. The highest BCUT2D eigenvalue weighted by Crippen LogP contribution is 2.18. The van der Waals surface area contributed by atoms with Crippen LogP contribution in [0.15, 0.2) is 0 Å². The first kappa shape index (κ1) is 9.44. The lowest BCUT2D eigenvalue weighted by Gasteiger charge is -2.11. The molecule has 2 aliphatic rings.